The van der Waals surface area contributed by atoms with Gasteiger partial charge in [0.2, 0.25) is 0 Å². The number of halogens is 1. The van der Waals surface area contributed by atoms with Gasteiger partial charge in [-0.2, -0.15) is 0 Å². The lowest BCUT2D eigenvalue weighted by Gasteiger charge is -2.21. The minimum atomic E-state index is -1.10. The Morgan fingerprint density at radius 1 is 1.50 bits per heavy atom. The summed E-state index contributed by atoms with van der Waals surface area (Å²) in [7, 11) is 0. The lowest BCUT2D eigenvalue weighted by atomic mass is 9.84. The van der Waals surface area contributed by atoms with Crippen LogP contribution in [0.4, 0.5) is 10.1 Å². The molecule has 0 aliphatic carbocycles. The number of carbonyl (C=O) groups is 1. The van der Waals surface area contributed by atoms with E-state index >= 15 is 0 Å². The molecule has 0 saturated carbocycles. The van der Waals surface area contributed by atoms with Crippen molar-refractivity contribution in [1.82, 2.24) is 0 Å². The molecule has 0 aliphatic rings. The van der Waals surface area contributed by atoms with E-state index in [9.17, 15) is 9.18 Å². The maximum atomic E-state index is 12.7. The molecule has 3 nitrogen and oxygen atoms in total. The third kappa shape index (κ3) is 1.69. The molecular formula is C10H12FNO2. The van der Waals surface area contributed by atoms with E-state index in [4.69, 9.17) is 10.8 Å². The van der Waals surface area contributed by atoms with Gasteiger partial charge in [0.1, 0.15) is 5.82 Å². The van der Waals surface area contributed by atoms with Crippen LogP contribution in [0.3, 0.4) is 0 Å². The third-order valence-electron chi connectivity index (χ3n) is 2.22. The molecule has 3 N–H and O–H groups in total. The van der Waals surface area contributed by atoms with Crippen molar-refractivity contribution in [3.8, 4) is 0 Å². The highest BCUT2D eigenvalue weighted by Gasteiger charge is 2.31. The fourth-order valence-electron chi connectivity index (χ4n) is 1.22. The van der Waals surface area contributed by atoms with Crippen molar-refractivity contribution in [1.29, 1.82) is 0 Å². The molecule has 0 fully saturated rings. The monoisotopic (exact) mass is 197 g/mol. The zero-order valence-electron chi connectivity index (χ0n) is 8.04. The molecule has 0 unspecified atom stereocenters. The summed E-state index contributed by atoms with van der Waals surface area (Å²) in [4.78, 5) is 10.9. The van der Waals surface area contributed by atoms with Crippen LogP contribution < -0.4 is 5.73 Å². The Kier molecular flexibility index (Phi) is 2.47. The number of rotatable bonds is 2. The largest absolute Gasteiger partial charge is 0.481 e. The minimum Gasteiger partial charge on any atom is -0.481 e. The number of hydrogen-bond donors (Lipinski definition) is 2. The maximum absolute atomic E-state index is 12.7. The highest BCUT2D eigenvalue weighted by molar-refractivity contribution is 5.82. The normalized spacial score (nSPS) is 11.4. The van der Waals surface area contributed by atoms with Gasteiger partial charge in [0.15, 0.2) is 0 Å². The molecule has 0 heterocycles. The summed E-state index contributed by atoms with van der Waals surface area (Å²) in [6, 6.07) is 3.73. The molecule has 0 spiro atoms. The fourth-order valence-corrected chi connectivity index (χ4v) is 1.22. The molecule has 4 heteroatoms. The number of benzene rings is 1. The molecule has 1 rings (SSSR count). The van der Waals surface area contributed by atoms with Crippen LogP contribution in [0.5, 0.6) is 0 Å². The number of nitrogen functional groups attached to an aromatic ring is 1. The van der Waals surface area contributed by atoms with Gasteiger partial charge in [0.25, 0.3) is 0 Å². The van der Waals surface area contributed by atoms with Crippen LogP contribution in [0.1, 0.15) is 19.4 Å². The van der Waals surface area contributed by atoms with Gasteiger partial charge in [-0.15, -0.1) is 0 Å². The van der Waals surface area contributed by atoms with E-state index in [0.29, 0.717) is 5.56 Å². The molecule has 0 amide bonds. The Bertz CT molecular complexity index is 374. The Labute approximate surface area is 81.4 Å². The van der Waals surface area contributed by atoms with E-state index in [1.54, 1.807) is 0 Å². The van der Waals surface area contributed by atoms with Crippen LogP contribution in [-0.2, 0) is 10.2 Å². The Morgan fingerprint density at radius 2 is 2.07 bits per heavy atom. The van der Waals surface area contributed by atoms with Crippen molar-refractivity contribution in [2.24, 2.45) is 0 Å². The van der Waals surface area contributed by atoms with Crippen LogP contribution >= 0.6 is 0 Å². The molecule has 0 atom stereocenters. The van der Waals surface area contributed by atoms with Crippen LogP contribution in [0, 0.1) is 5.82 Å². The zero-order valence-corrected chi connectivity index (χ0v) is 8.04. The third-order valence-corrected chi connectivity index (χ3v) is 2.22. The summed E-state index contributed by atoms with van der Waals surface area (Å²) in [5, 5.41) is 8.94. The first-order valence-electron chi connectivity index (χ1n) is 4.14. The van der Waals surface area contributed by atoms with Gasteiger partial charge in [-0.25, -0.2) is 4.39 Å². The van der Waals surface area contributed by atoms with Crippen molar-refractivity contribution < 1.29 is 14.3 Å². The summed E-state index contributed by atoms with van der Waals surface area (Å²) >= 11 is 0. The fraction of sp³-hybridized carbons (Fsp3) is 0.300. The second-order valence-corrected chi connectivity index (χ2v) is 3.66. The summed E-state index contributed by atoms with van der Waals surface area (Å²) in [6.07, 6.45) is 0. The summed E-state index contributed by atoms with van der Waals surface area (Å²) in [6.45, 7) is 3.05. The molecule has 1 aromatic carbocycles. The summed E-state index contributed by atoms with van der Waals surface area (Å²) in [5.41, 5.74) is 5.03. The highest BCUT2D eigenvalue weighted by atomic mass is 19.1. The molecule has 0 saturated heterocycles. The van der Waals surface area contributed by atoms with Gasteiger partial charge in [-0.3, -0.25) is 4.79 Å². The predicted octanol–water partition coefficient (Wildman–Crippen LogP) is 1.77. The number of aliphatic carboxylic acids is 1. The zero-order chi connectivity index (χ0) is 10.9. The SMILES string of the molecule is CC(C)(C(=O)O)c1ccc(F)cc1N. The van der Waals surface area contributed by atoms with Crippen molar-refractivity contribution in [3.63, 3.8) is 0 Å². The van der Waals surface area contributed by atoms with Gasteiger partial charge >= 0.3 is 5.97 Å². The van der Waals surface area contributed by atoms with Crippen LogP contribution in [-0.4, -0.2) is 11.1 Å². The molecule has 0 radical (unpaired) electrons. The quantitative estimate of drug-likeness (QED) is 0.710. The van der Waals surface area contributed by atoms with E-state index in [2.05, 4.69) is 0 Å². The summed E-state index contributed by atoms with van der Waals surface area (Å²) < 4.78 is 12.7. The standard InChI is InChI=1S/C10H12FNO2/c1-10(2,9(13)14)7-4-3-6(11)5-8(7)12/h3-5H,12H2,1-2H3,(H,13,14). The first-order chi connectivity index (χ1) is 6.35. The van der Waals surface area contributed by atoms with E-state index in [1.165, 1.54) is 26.0 Å². The summed E-state index contributed by atoms with van der Waals surface area (Å²) in [5.74, 6) is -1.46. The Morgan fingerprint density at radius 3 is 2.50 bits per heavy atom. The van der Waals surface area contributed by atoms with Crippen molar-refractivity contribution in [3.05, 3.63) is 29.6 Å². The second kappa shape index (κ2) is 3.29. The van der Waals surface area contributed by atoms with E-state index in [-0.39, 0.29) is 5.69 Å². The number of hydrogen-bond acceptors (Lipinski definition) is 2. The number of anilines is 1. The average molecular weight is 197 g/mol. The number of nitrogens with two attached hydrogens (primary N) is 1. The van der Waals surface area contributed by atoms with Crippen molar-refractivity contribution in [2.45, 2.75) is 19.3 Å². The van der Waals surface area contributed by atoms with E-state index in [0.717, 1.165) is 6.07 Å². The molecule has 0 bridgehead atoms. The Hall–Kier alpha value is -1.58. The van der Waals surface area contributed by atoms with Crippen molar-refractivity contribution in [2.75, 3.05) is 5.73 Å². The number of carboxylic acid groups (broad SMARTS) is 1. The lowest BCUT2D eigenvalue weighted by molar-refractivity contribution is -0.142. The Balaban J connectivity index is 3.26. The second-order valence-electron chi connectivity index (χ2n) is 3.66. The van der Waals surface area contributed by atoms with E-state index in [1.807, 2.05) is 0 Å². The first kappa shape index (κ1) is 10.5. The molecule has 76 valence electrons. The molecule has 14 heavy (non-hydrogen) atoms. The van der Waals surface area contributed by atoms with Crippen LogP contribution in [0.15, 0.2) is 18.2 Å². The topological polar surface area (TPSA) is 63.3 Å². The van der Waals surface area contributed by atoms with E-state index < -0.39 is 17.2 Å². The highest BCUT2D eigenvalue weighted by Crippen LogP contribution is 2.28. The van der Waals surface area contributed by atoms with Gasteiger partial charge in [-0.05, 0) is 31.5 Å². The molecule has 1 aromatic rings. The number of carboxylic acids is 1. The minimum absolute atomic E-state index is 0.164. The van der Waals surface area contributed by atoms with Crippen molar-refractivity contribution >= 4 is 11.7 Å². The molecule has 0 aromatic heterocycles. The van der Waals surface area contributed by atoms with Crippen LogP contribution in [0.2, 0.25) is 0 Å². The average Bonchev–Trinajstić information content (AvgIpc) is 2.02. The first-order valence-corrected chi connectivity index (χ1v) is 4.14. The van der Waals surface area contributed by atoms with Crippen LogP contribution in [0.25, 0.3) is 0 Å². The van der Waals surface area contributed by atoms with Gasteiger partial charge < -0.3 is 10.8 Å². The van der Waals surface area contributed by atoms with Gasteiger partial charge in [-0.1, -0.05) is 6.07 Å². The predicted molar refractivity (Wildman–Crippen MR) is 51.5 cm³/mol. The van der Waals surface area contributed by atoms with Gasteiger partial charge in [0, 0.05) is 5.69 Å². The van der Waals surface area contributed by atoms with Gasteiger partial charge in [0.05, 0.1) is 5.41 Å². The molecular weight excluding hydrogens is 185 g/mol. The smallest absolute Gasteiger partial charge is 0.313 e. The lowest BCUT2D eigenvalue weighted by Crippen LogP contribution is -2.29. The maximum Gasteiger partial charge on any atom is 0.313 e. The molecule has 0 aliphatic heterocycles.